The third-order valence-electron chi connectivity index (χ3n) is 2.89. The number of hydrogen-bond acceptors (Lipinski definition) is 4. The van der Waals surface area contributed by atoms with E-state index >= 15 is 0 Å². The zero-order valence-corrected chi connectivity index (χ0v) is 10.4. The Labute approximate surface area is 107 Å². The van der Waals surface area contributed by atoms with Gasteiger partial charge in [0.15, 0.2) is 0 Å². The summed E-state index contributed by atoms with van der Waals surface area (Å²) in [4.78, 5) is 34.2. The largest absolute Gasteiger partial charge is 0.478 e. The molecule has 0 aliphatic heterocycles. The van der Waals surface area contributed by atoms with Gasteiger partial charge in [-0.25, -0.2) is 14.4 Å². The fourth-order valence-corrected chi connectivity index (χ4v) is 1.88. The van der Waals surface area contributed by atoms with Crippen LogP contribution in [0.1, 0.15) is 30.1 Å². The van der Waals surface area contributed by atoms with Gasteiger partial charge in [-0.1, -0.05) is 13.3 Å². The molecule has 0 radical (unpaired) electrons. The van der Waals surface area contributed by atoms with Crippen LogP contribution in [-0.2, 0) is 6.54 Å². The maximum Gasteiger partial charge on any atom is 0.422 e. The molecule has 100 valence electrons. The van der Waals surface area contributed by atoms with Crippen molar-refractivity contribution in [1.29, 1.82) is 0 Å². The molecule has 1 heterocycles. The molecule has 6 nitrogen and oxygen atoms in total. The van der Waals surface area contributed by atoms with E-state index in [1.54, 1.807) is 0 Å². The van der Waals surface area contributed by atoms with E-state index in [0.29, 0.717) is 12.1 Å². The first-order valence-electron chi connectivity index (χ1n) is 5.95. The van der Waals surface area contributed by atoms with E-state index in [4.69, 9.17) is 5.11 Å². The third kappa shape index (κ3) is 2.42. The van der Waals surface area contributed by atoms with Crippen molar-refractivity contribution in [3.8, 4) is 0 Å². The van der Waals surface area contributed by atoms with Gasteiger partial charge in [0.1, 0.15) is 0 Å². The molecule has 1 aromatic heterocycles. The third-order valence-corrected chi connectivity index (χ3v) is 2.89. The number of unbranched alkanes of at least 4 members (excludes halogenated alkanes) is 1. The van der Waals surface area contributed by atoms with Crippen molar-refractivity contribution in [3.63, 3.8) is 0 Å². The molecule has 0 saturated carbocycles. The Bertz CT molecular complexity index is 741. The minimum absolute atomic E-state index is 0.0134. The first-order valence-corrected chi connectivity index (χ1v) is 5.95. The molecule has 0 spiro atoms. The Hall–Kier alpha value is -2.37. The molecular weight excluding hydrogens is 250 g/mol. The molecule has 2 aromatic rings. The van der Waals surface area contributed by atoms with Crippen LogP contribution in [0.25, 0.3) is 10.9 Å². The minimum Gasteiger partial charge on any atom is -0.478 e. The number of aromatic carboxylic acids is 1. The van der Waals surface area contributed by atoms with E-state index in [2.05, 4.69) is 4.42 Å². The highest BCUT2D eigenvalue weighted by molar-refractivity contribution is 5.92. The van der Waals surface area contributed by atoms with Crippen molar-refractivity contribution in [2.24, 2.45) is 0 Å². The molecule has 0 bridgehead atoms. The van der Waals surface area contributed by atoms with Crippen LogP contribution in [-0.4, -0.2) is 15.6 Å². The van der Waals surface area contributed by atoms with Gasteiger partial charge in [-0.05, 0) is 24.6 Å². The van der Waals surface area contributed by atoms with Crippen molar-refractivity contribution in [3.05, 3.63) is 44.7 Å². The minimum atomic E-state index is -1.13. The highest BCUT2D eigenvalue weighted by atomic mass is 16.4. The average molecular weight is 263 g/mol. The summed E-state index contributed by atoms with van der Waals surface area (Å²) in [6.45, 7) is 2.41. The lowest BCUT2D eigenvalue weighted by atomic mass is 10.1. The maximum atomic E-state index is 11.7. The van der Waals surface area contributed by atoms with Crippen molar-refractivity contribution in [1.82, 2.24) is 4.57 Å². The van der Waals surface area contributed by atoms with E-state index < -0.39 is 17.4 Å². The molecule has 0 saturated heterocycles. The molecule has 0 atom stereocenters. The number of rotatable bonds is 4. The Morgan fingerprint density at radius 2 is 2.11 bits per heavy atom. The van der Waals surface area contributed by atoms with E-state index in [0.717, 1.165) is 12.8 Å². The van der Waals surface area contributed by atoms with Crippen LogP contribution in [0.4, 0.5) is 0 Å². The molecule has 0 unspecified atom stereocenters. The van der Waals surface area contributed by atoms with E-state index in [1.165, 1.54) is 22.8 Å². The summed E-state index contributed by atoms with van der Waals surface area (Å²) in [7, 11) is 0. The summed E-state index contributed by atoms with van der Waals surface area (Å²) in [5.74, 6) is -1.85. The Morgan fingerprint density at radius 3 is 2.74 bits per heavy atom. The summed E-state index contributed by atoms with van der Waals surface area (Å²) in [6.07, 6.45) is 1.66. The Kier molecular flexibility index (Phi) is 3.50. The van der Waals surface area contributed by atoms with Gasteiger partial charge in [0.2, 0.25) is 0 Å². The monoisotopic (exact) mass is 263 g/mol. The van der Waals surface area contributed by atoms with Crippen molar-refractivity contribution >= 4 is 16.9 Å². The smallest absolute Gasteiger partial charge is 0.422 e. The van der Waals surface area contributed by atoms with Crippen molar-refractivity contribution < 1.29 is 14.3 Å². The van der Waals surface area contributed by atoms with Gasteiger partial charge in [-0.3, -0.25) is 4.57 Å². The number of benzene rings is 1. The van der Waals surface area contributed by atoms with E-state index in [9.17, 15) is 14.4 Å². The van der Waals surface area contributed by atoms with Crippen molar-refractivity contribution in [2.45, 2.75) is 26.3 Å². The number of fused-ring (bicyclic) bond motifs is 1. The summed E-state index contributed by atoms with van der Waals surface area (Å²) in [5, 5.41) is 9.01. The van der Waals surface area contributed by atoms with Crippen LogP contribution in [0.5, 0.6) is 0 Å². The lowest BCUT2D eigenvalue weighted by Crippen LogP contribution is -2.25. The highest BCUT2D eigenvalue weighted by Gasteiger charge is 2.12. The van der Waals surface area contributed by atoms with Gasteiger partial charge in [0.05, 0.1) is 16.5 Å². The van der Waals surface area contributed by atoms with Gasteiger partial charge in [-0.15, -0.1) is 0 Å². The maximum absolute atomic E-state index is 11.7. The molecule has 0 aliphatic rings. The summed E-state index contributed by atoms with van der Waals surface area (Å²) < 4.78 is 5.97. The average Bonchev–Trinajstić information content (AvgIpc) is 2.38. The predicted octanol–water partition coefficient (Wildman–Crippen LogP) is 1.45. The van der Waals surface area contributed by atoms with Crippen molar-refractivity contribution in [2.75, 3.05) is 0 Å². The molecule has 19 heavy (non-hydrogen) atoms. The molecule has 0 amide bonds. The number of carbonyl (C=O) groups is 1. The number of aromatic nitrogens is 1. The molecule has 1 aromatic carbocycles. The van der Waals surface area contributed by atoms with Gasteiger partial charge in [0.25, 0.3) is 0 Å². The Morgan fingerprint density at radius 1 is 1.37 bits per heavy atom. The first-order chi connectivity index (χ1) is 9.04. The molecular formula is C13H13NO5. The number of aryl methyl sites for hydroxylation is 1. The van der Waals surface area contributed by atoms with Crippen LogP contribution < -0.4 is 11.4 Å². The zero-order chi connectivity index (χ0) is 14.0. The normalized spacial score (nSPS) is 10.8. The molecule has 6 heteroatoms. The fraction of sp³-hybridized carbons (Fsp3) is 0.308. The van der Waals surface area contributed by atoms with Crippen LogP contribution in [0.3, 0.4) is 0 Å². The lowest BCUT2D eigenvalue weighted by Gasteiger charge is -2.07. The Balaban J connectivity index is 2.73. The number of carboxylic acids is 1. The summed E-state index contributed by atoms with van der Waals surface area (Å²) in [5.41, 5.74) is -0.420. The van der Waals surface area contributed by atoms with Gasteiger partial charge in [0, 0.05) is 6.54 Å². The quantitative estimate of drug-likeness (QED) is 0.901. The zero-order valence-electron chi connectivity index (χ0n) is 10.4. The number of nitrogens with zero attached hydrogens (tertiary/aromatic N) is 1. The van der Waals surface area contributed by atoms with E-state index in [-0.39, 0.29) is 10.9 Å². The second-order valence-electron chi connectivity index (χ2n) is 4.20. The van der Waals surface area contributed by atoms with Gasteiger partial charge in [-0.2, -0.15) is 0 Å². The van der Waals surface area contributed by atoms with Crippen LogP contribution in [0.2, 0.25) is 0 Å². The molecule has 0 aliphatic carbocycles. The van der Waals surface area contributed by atoms with E-state index in [1.807, 2.05) is 6.92 Å². The fourth-order valence-electron chi connectivity index (χ4n) is 1.88. The molecule has 2 rings (SSSR count). The molecule has 1 N–H and O–H groups in total. The SMILES string of the molecule is CCCCn1c(=O)oc(=O)c2cc(C(=O)O)ccc21. The lowest BCUT2D eigenvalue weighted by molar-refractivity contribution is 0.0697. The van der Waals surface area contributed by atoms with Crippen LogP contribution >= 0.6 is 0 Å². The second kappa shape index (κ2) is 5.09. The predicted molar refractivity (Wildman–Crippen MR) is 68.6 cm³/mol. The van der Waals surface area contributed by atoms with Gasteiger partial charge >= 0.3 is 17.4 Å². The number of hydrogen-bond donors (Lipinski definition) is 1. The van der Waals surface area contributed by atoms with Crippen LogP contribution in [0, 0.1) is 0 Å². The standard InChI is InChI=1S/C13H13NO5/c1-2-3-6-14-10-5-4-8(11(15)16)7-9(10)12(17)19-13(14)18/h4-5,7H,2-3,6H2,1H3,(H,15,16). The summed E-state index contributed by atoms with van der Waals surface area (Å²) in [6, 6.07) is 4.06. The topological polar surface area (TPSA) is 89.5 Å². The van der Waals surface area contributed by atoms with Gasteiger partial charge < -0.3 is 9.52 Å². The first kappa shape index (κ1) is 13.1. The second-order valence-corrected chi connectivity index (χ2v) is 4.20. The highest BCUT2D eigenvalue weighted by Crippen LogP contribution is 2.12. The summed E-state index contributed by atoms with van der Waals surface area (Å²) >= 11 is 0. The number of carboxylic acid groups (broad SMARTS) is 1. The van der Waals surface area contributed by atoms with Crippen LogP contribution in [0.15, 0.2) is 32.2 Å². The molecule has 0 fully saturated rings.